The topological polar surface area (TPSA) is 55.4 Å². The van der Waals surface area contributed by atoms with Crippen molar-refractivity contribution in [2.24, 2.45) is 11.3 Å². The summed E-state index contributed by atoms with van der Waals surface area (Å²) in [7, 11) is 0. The van der Waals surface area contributed by atoms with Crippen LogP contribution >= 0.6 is 12.4 Å². The smallest absolute Gasteiger partial charge is 0.0998 e. The van der Waals surface area contributed by atoms with Gasteiger partial charge in [-0.05, 0) is 114 Å². The first-order chi connectivity index (χ1) is 20.2. The number of aliphatic hydroxyl groups is 1. The molecule has 5 aliphatic rings. The molecule has 0 saturated carbocycles. The van der Waals surface area contributed by atoms with Gasteiger partial charge in [-0.15, -0.1) is 12.4 Å². The molecule has 222 valence electrons. The van der Waals surface area contributed by atoms with Crippen molar-refractivity contribution >= 4 is 39.8 Å². The van der Waals surface area contributed by atoms with E-state index in [1.807, 2.05) is 6.20 Å². The summed E-state index contributed by atoms with van der Waals surface area (Å²) in [4.78, 5) is 14.4. The van der Waals surface area contributed by atoms with Gasteiger partial charge in [-0.25, -0.2) is 0 Å². The zero-order valence-corrected chi connectivity index (χ0v) is 25.5. The summed E-state index contributed by atoms with van der Waals surface area (Å²) in [5.41, 5.74) is 3.74. The molecule has 4 aliphatic heterocycles. The third-order valence-corrected chi connectivity index (χ3v) is 11.2. The zero-order chi connectivity index (χ0) is 27.4. The van der Waals surface area contributed by atoms with E-state index in [-0.39, 0.29) is 23.9 Å². The van der Waals surface area contributed by atoms with E-state index in [1.165, 1.54) is 55.0 Å². The predicted molar refractivity (Wildman–Crippen MR) is 175 cm³/mol. The molecule has 1 spiro atoms. The monoisotopic (exact) mass is 584 g/mol. The van der Waals surface area contributed by atoms with E-state index in [0.29, 0.717) is 12.0 Å². The van der Waals surface area contributed by atoms with Crippen molar-refractivity contribution in [2.45, 2.75) is 81.9 Å². The van der Waals surface area contributed by atoms with Gasteiger partial charge in [0, 0.05) is 40.5 Å². The highest BCUT2D eigenvalue weighted by Crippen LogP contribution is 2.61. The largest absolute Gasteiger partial charge is 0.384 e. The molecule has 0 amide bonds. The lowest BCUT2D eigenvalue weighted by atomic mass is 9.54. The minimum Gasteiger partial charge on any atom is -0.384 e. The van der Waals surface area contributed by atoms with Crippen LogP contribution in [0.3, 0.4) is 0 Å². The van der Waals surface area contributed by atoms with E-state index in [0.717, 1.165) is 68.5 Å². The number of piperidine rings is 1. The van der Waals surface area contributed by atoms with Crippen molar-refractivity contribution in [3.05, 3.63) is 72.6 Å². The Kier molecular flexibility index (Phi) is 7.59. The van der Waals surface area contributed by atoms with Crippen LogP contribution in [-0.2, 0) is 0 Å². The molecule has 2 aromatic heterocycles. The second kappa shape index (κ2) is 11.2. The number of rotatable bonds is 1. The molecule has 6 heteroatoms. The Balaban J connectivity index is 0.00000288. The Morgan fingerprint density at radius 2 is 1.74 bits per heavy atom. The number of nitrogens with one attached hydrogen (secondary N) is 1. The van der Waals surface area contributed by atoms with Gasteiger partial charge in [-0.2, -0.15) is 0 Å². The molecule has 3 aromatic rings. The Morgan fingerprint density at radius 3 is 2.67 bits per heavy atom. The van der Waals surface area contributed by atoms with Gasteiger partial charge in [-0.3, -0.25) is 9.88 Å². The normalized spacial score (nSPS) is 36.7. The summed E-state index contributed by atoms with van der Waals surface area (Å²) in [6.45, 7) is 4.47. The van der Waals surface area contributed by atoms with Crippen LogP contribution in [0.5, 0.6) is 0 Å². The average Bonchev–Trinajstić information content (AvgIpc) is 3.49. The number of hydrogen-bond acceptors (Lipinski definition) is 4. The van der Waals surface area contributed by atoms with E-state index in [1.54, 1.807) is 0 Å². The van der Waals surface area contributed by atoms with E-state index in [4.69, 9.17) is 4.98 Å². The molecule has 3 bridgehead atoms. The molecule has 2 fully saturated rings. The highest BCUT2D eigenvalue weighted by atomic mass is 35.5. The lowest BCUT2D eigenvalue weighted by Gasteiger charge is -2.58. The first-order valence-electron chi connectivity index (χ1n) is 16.3. The highest BCUT2D eigenvalue weighted by molar-refractivity contribution is 6.09. The number of allylic oxidation sites excluding steroid dienone is 4. The molecule has 1 aromatic carbocycles. The average molecular weight is 585 g/mol. The summed E-state index contributed by atoms with van der Waals surface area (Å²) < 4.78 is 0. The van der Waals surface area contributed by atoms with Gasteiger partial charge in [0.2, 0.25) is 0 Å². The molecule has 0 radical (unpaired) electrons. The maximum Gasteiger partial charge on any atom is 0.0998 e. The maximum atomic E-state index is 13.1. The summed E-state index contributed by atoms with van der Waals surface area (Å²) in [5, 5.41) is 15.5. The van der Waals surface area contributed by atoms with Gasteiger partial charge in [0.15, 0.2) is 0 Å². The molecule has 1 aliphatic carbocycles. The summed E-state index contributed by atoms with van der Waals surface area (Å²) in [5.74, 6) is 0.385. The van der Waals surface area contributed by atoms with E-state index in [2.05, 4.69) is 75.5 Å². The maximum absolute atomic E-state index is 13.1. The molecule has 42 heavy (non-hydrogen) atoms. The van der Waals surface area contributed by atoms with Crippen LogP contribution < -0.4 is 0 Å². The minimum atomic E-state index is -0.898. The zero-order valence-electron chi connectivity index (χ0n) is 24.7. The summed E-state index contributed by atoms with van der Waals surface area (Å²) >= 11 is 0. The summed E-state index contributed by atoms with van der Waals surface area (Å²) in [6.07, 6.45) is 25.2. The number of benzene rings is 1. The van der Waals surface area contributed by atoms with Crippen molar-refractivity contribution in [1.29, 1.82) is 0 Å². The van der Waals surface area contributed by atoms with Crippen LogP contribution in [0.15, 0.2) is 66.9 Å². The van der Waals surface area contributed by atoms with Crippen molar-refractivity contribution in [1.82, 2.24) is 19.8 Å². The number of H-pyrrole nitrogens is 1. The van der Waals surface area contributed by atoms with Gasteiger partial charge >= 0.3 is 0 Å². The Bertz CT molecular complexity index is 1540. The molecule has 6 heterocycles. The molecule has 5 nitrogen and oxygen atoms in total. The van der Waals surface area contributed by atoms with Gasteiger partial charge in [0.1, 0.15) is 0 Å². The SMILES string of the molecule is Cl.O[C@]12C=C(c3nccc4c3[nH]c3ccccc34)[C@@H]3CCN(CCCC/C=C\CC1)C[C@@]31CC3/C=C\CCCCN3[C@H]12. The number of aromatic nitrogens is 2. The molecular formula is C36H45ClN4O. The number of para-hydroxylation sites is 1. The van der Waals surface area contributed by atoms with Crippen molar-refractivity contribution < 1.29 is 5.11 Å². The quantitative estimate of drug-likeness (QED) is 0.295. The number of pyridine rings is 1. The van der Waals surface area contributed by atoms with E-state index in [9.17, 15) is 5.11 Å². The first-order valence-corrected chi connectivity index (χ1v) is 16.3. The number of fused-ring (bicyclic) bond motifs is 5. The number of halogens is 1. The number of hydrogen-bond donors (Lipinski definition) is 2. The van der Waals surface area contributed by atoms with Crippen LogP contribution in [0.4, 0.5) is 0 Å². The van der Waals surface area contributed by atoms with Gasteiger partial charge in [0.05, 0.1) is 22.9 Å². The fourth-order valence-corrected chi connectivity index (χ4v) is 9.59. The molecule has 2 N–H and O–H groups in total. The molecule has 2 unspecified atom stereocenters. The number of aromatic amines is 1. The fraction of sp³-hybridized carbons (Fsp3) is 0.528. The highest BCUT2D eigenvalue weighted by Gasteiger charge is 2.65. The molecule has 8 rings (SSSR count). The second-order valence-electron chi connectivity index (χ2n) is 13.5. The third-order valence-electron chi connectivity index (χ3n) is 11.2. The lowest BCUT2D eigenvalue weighted by Crippen LogP contribution is -2.65. The van der Waals surface area contributed by atoms with Gasteiger partial charge < -0.3 is 15.0 Å². The second-order valence-corrected chi connectivity index (χ2v) is 13.5. The standard InChI is InChI=1S/C36H44N4O.ClH/c41-36-18-10-4-1-2-5-11-20-39-22-17-30(35(25-39)23-26-13-7-3-6-12-21-40(26)34(35)36)29(24-36)32-33-28(16-19-37-32)27-14-8-9-15-31(27)38-33;/h1,4,7-9,13-16,19,24,26,30,34,38,41H,2-3,5-6,10-12,17-18,20-23,25H2;1H/b4-1-,13-7-;/t26?,30-,34+,35-,36-;/m0./s1. The third kappa shape index (κ3) is 4.51. The van der Waals surface area contributed by atoms with Crippen molar-refractivity contribution in [3.8, 4) is 0 Å². The van der Waals surface area contributed by atoms with Crippen molar-refractivity contribution in [3.63, 3.8) is 0 Å². The molecule has 2 saturated heterocycles. The Hall–Kier alpha value is -2.44. The fourth-order valence-electron chi connectivity index (χ4n) is 9.59. The molecular weight excluding hydrogens is 540 g/mol. The van der Waals surface area contributed by atoms with Gasteiger partial charge in [0.25, 0.3) is 0 Å². The van der Waals surface area contributed by atoms with Crippen LogP contribution in [0.1, 0.15) is 69.9 Å². The van der Waals surface area contributed by atoms with Gasteiger partial charge in [-0.1, -0.05) is 42.5 Å². The van der Waals surface area contributed by atoms with Crippen LogP contribution in [-0.4, -0.2) is 68.7 Å². The Labute approximate surface area is 256 Å². The minimum absolute atomic E-state index is 0. The number of nitrogens with zero attached hydrogens (tertiary/aromatic N) is 3. The van der Waals surface area contributed by atoms with Crippen molar-refractivity contribution in [2.75, 3.05) is 26.2 Å². The first kappa shape index (κ1) is 28.3. The Morgan fingerprint density at radius 1 is 0.905 bits per heavy atom. The molecule has 6 atom stereocenters. The van der Waals surface area contributed by atoms with Crippen LogP contribution in [0.2, 0.25) is 0 Å². The predicted octanol–water partition coefficient (Wildman–Crippen LogP) is 7.28. The lowest BCUT2D eigenvalue weighted by molar-refractivity contribution is -0.0894. The van der Waals surface area contributed by atoms with Crippen LogP contribution in [0, 0.1) is 11.3 Å². The summed E-state index contributed by atoms with van der Waals surface area (Å²) in [6, 6.07) is 11.3. The van der Waals surface area contributed by atoms with E-state index >= 15 is 0 Å². The van der Waals surface area contributed by atoms with Crippen LogP contribution in [0.25, 0.3) is 27.4 Å². The van der Waals surface area contributed by atoms with E-state index < -0.39 is 5.60 Å².